The molecule has 1 N–H and O–H groups in total. The Hall–Kier alpha value is -2.29. The van der Waals surface area contributed by atoms with Crippen molar-refractivity contribution in [1.82, 2.24) is 13.6 Å². The molecule has 1 saturated heterocycles. The highest BCUT2D eigenvalue weighted by Gasteiger charge is 2.30. The molecule has 7 nitrogen and oxygen atoms in total. The number of rotatable bonds is 6. The lowest BCUT2D eigenvalue weighted by Crippen LogP contribution is -2.45. The topological polar surface area (TPSA) is 90.8 Å². The molecule has 1 aromatic carbocycles. The average Bonchev–Trinajstić information content (AvgIpc) is 2.69. The van der Waals surface area contributed by atoms with Crippen LogP contribution in [0.3, 0.4) is 0 Å². The fourth-order valence-corrected chi connectivity index (χ4v) is 4.72. The second-order valence-electron chi connectivity index (χ2n) is 7.30. The maximum absolute atomic E-state index is 12.4. The Morgan fingerprint density at radius 1 is 1.29 bits per heavy atom. The molecular weight excluding hydrogens is 378 g/mol. The summed E-state index contributed by atoms with van der Waals surface area (Å²) in [5, 5.41) is 9.13. The number of hydrogen-bond donors (Lipinski definition) is 1. The fraction of sp³-hybridized carbons (Fsp3) is 0.400. The Balaban J connectivity index is 1.69. The van der Waals surface area contributed by atoms with Crippen molar-refractivity contribution in [2.45, 2.75) is 19.3 Å². The number of benzene rings is 1. The second kappa shape index (κ2) is 8.38. The summed E-state index contributed by atoms with van der Waals surface area (Å²) in [5.41, 5.74) is 2.75. The third-order valence-electron chi connectivity index (χ3n) is 5.02. The van der Waals surface area contributed by atoms with Crippen LogP contribution in [0.4, 0.5) is 0 Å². The van der Waals surface area contributed by atoms with Gasteiger partial charge in [-0.25, -0.2) is 4.79 Å². The Morgan fingerprint density at radius 3 is 2.71 bits per heavy atom. The van der Waals surface area contributed by atoms with Gasteiger partial charge in [-0.2, -0.15) is 17.0 Å². The summed E-state index contributed by atoms with van der Waals surface area (Å²) in [7, 11) is -0.263. The van der Waals surface area contributed by atoms with Crippen LogP contribution in [0.1, 0.15) is 28.8 Å². The van der Waals surface area contributed by atoms with E-state index in [1.807, 2.05) is 18.2 Å². The molecule has 0 spiro atoms. The van der Waals surface area contributed by atoms with Crippen molar-refractivity contribution in [3.05, 3.63) is 53.7 Å². The van der Waals surface area contributed by atoms with Crippen molar-refractivity contribution >= 4 is 16.2 Å². The molecule has 0 unspecified atom stereocenters. The third kappa shape index (κ3) is 4.57. The van der Waals surface area contributed by atoms with E-state index in [1.54, 1.807) is 42.8 Å². The number of pyridine rings is 1. The Morgan fingerprint density at radius 2 is 2.07 bits per heavy atom. The van der Waals surface area contributed by atoms with E-state index >= 15 is 0 Å². The average molecular weight is 404 g/mol. The van der Waals surface area contributed by atoms with Crippen molar-refractivity contribution in [2.75, 3.05) is 27.2 Å². The van der Waals surface area contributed by atoms with Crippen LogP contribution in [-0.4, -0.2) is 60.3 Å². The highest BCUT2D eigenvalue weighted by atomic mass is 32.2. The van der Waals surface area contributed by atoms with Gasteiger partial charge in [-0.3, -0.25) is 4.98 Å². The predicted octanol–water partition coefficient (Wildman–Crippen LogP) is 2.51. The van der Waals surface area contributed by atoms with Gasteiger partial charge in [0.25, 0.3) is 10.2 Å². The first-order chi connectivity index (χ1) is 13.3. The second-order valence-corrected chi connectivity index (χ2v) is 9.44. The molecule has 1 fully saturated rings. The Bertz CT molecular complexity index is 942. The minimum absolute atomic E-state index is 0.229. The van der Waals surface area contributed by atoms with E-state index in [9.17, 15) is 13.2 Å². The molecule has 0 bridgehead atoms. The highest BCUT2D eigenvalue weighted by molar-refractivity contribution is 7.86. The molecular formula is C20H25N3O4S. The van der Waals surface area contributed by atoms with E-state index in [-0.39, 0.29) is 11.5 Å². The molecule has 3 rings (SSSR count). The molecule has 2 aromatic rings. The molecule has 8 heteroatoms. The van der Waals surface area contributed by atoms with Gasteiger partial charge in [0.2, 0.25) is 0 Å². The molecule has 1 aromatic heterocycles. The molecule has 0 aliphatic carbocycles. The van der Waals surface area contributed by atoms with Gasteiger partial charge in [-0.1, -0.05) is 18.2 Å². The number of nitrogens with zero attached hydrogens (tertiary/aromatic N) is 3. The van der Waals surface area contributed by atoms with Crippen molar-refractivity contribution in [3.8, 4) is 11.3 Å². The molecule has 1 aliphatic heterocycles. The lowest BCUT2D eigenvalue weighted by Gasteiger charge is -2.33. The number of carboxylic acid groups (broad SMARTS) is 1. The van der Waals surface area contributed by atoms with Gasteiger partial charge in [0.05, 0.1) is 11.3 Å². The van der Waals surface area contributed by atoms with Gasteiger partial charge in [0.1, 0.15) is 0 Å². The van der Waals surface area contributed by atoms with Gasteiger partial charge in [-0.05, 0) is 48.9 Å². The summed E-state index contributed by atoms with van der Waals surface area (Å²) in [6.45, 7) is 1.08. The van der Waals surface area contributed by atoms with Crippen LogP contribution in [-0.2, 0) is 16.6 Å². The number of carbonyl (C=O) groups is 1. The van der Waals surface area contributed by atoms with Crippen LogP contribution < -0.4 is 0 Å². The molecule has 0 saturated carbocycles. The maximum atomic E-state index is 12.4. The van der Waals surface area contributed by atoms with Crippen LogP contribution in [0, 0.1) is 5.92 Å². The zero-order valence-electron chi connectivity index (χ0n) is 16.1. The minimum atomic E-state index is -3.38. The summed E-state index contributed by atoms with van der Waals surface area (Å²) >= 11 is 0. The molecule has 1 atom stereocenters. The lowest BCUT2D eigenvalue weighted by molar-refractivity contribution is 0.0697. The summed E-state index contributed by atoms with van der Waals surface area (Å²) in [6, 6.07) is 10.6. The zero-order valence-corrected chi connectivity index (χ0v) is 16.9. The van der Waals surface area contributed by atoms with Crippen LogP contribution in [0.25, 0.3) is 11.3 Å². The van der Waals surface area contributed by atoms with Crippen LogP contribution in [0.5, 0.6) is 0 Å². The monoisotopic (exact) mass is 403 g/mol. The molecule has 150 valence electrons. The SMILES string of the molecule is CN(C)S(=O)(=O)N1CCC[C@@H](Cc2ccc(-c3cccc(C(=O)O)c3)nc2)C1. The number of hydrogen-bond acceptors (Lipinski definition) is 4. The van der Waals surface area contributed by atoms with Crippen LogP contribution in [0.2, 0.25) is 0 Å². The highest BCUT2D eigenvalue weighted by Crippen LogP contribution is 2.24. The van der Waals surface area contributed by atoms with Crippen LogP contribution in [0.15, 0.2) is 42.6 Å². The Labute approximate surface area is 165 Å². The first-order valence-corrected chi connectivity index (χ1v) is 10.6. The predicted molar refractivity (Wildman–Crippen MR) is 107 cm³/mol. The summed E-state index contributed by atoms with van der Waals surface area (Å²) in [4.78, 5) is 15.6. The summed E-state index contributed by atoms with van der Waals surface area (Å²) in [6.07, 6.45) is 4.40. The number of aromatic nitrogens is 1. The fourth-order valence-electron chi connectivity index (χ4n) is 3.49. The summed E-state index contributed by atoms with van der Waals surface area (Å²) < 4.78 is 27.5. The molecule has 28 heavy (non-hydrogen) atoms. The van der Waals surface area contributed by atoms with E-state index < -0.39 is 16.2 Å². The molecule has 0 radical (unpaired) electrons. The van der Waals surface area contributed by atoms with Crippen molar-refractivity contribution in [3.63, 3.8) is 0 Å². The normalized spacial score (nSPS) is 18.3. The molecule has 2 heterocycles. The first-order valence-electron chi connectivity index (χ1n) is 9.23. The standard InChI is InChI=1S/C20H25N3O4S/c1-22(2)28(26,27)23-10-4-5-16(14-23)11-15-8-9-19(21-13-15)17-6-3-7-18(12-17)20(24)25/h3,6-9,12-13,16H,4-5,10-11,14H2,1-2H3,(H,24,25)/t16-/m0/s1. The minimum Gasteiger partial charge on any atom is -0.478 e. The van der Waals surface area contributed by atoms with Gasteiger partial charge in [0, 0.05) is 38.9 Å². The van der Waals surface area contributed by atoms with Crippen molar-refractivity contribution < 1.29 is 18.3 Å². The zero-order chi connectivity index (χ0) is 20.3. The van der Waals surface area contributed by atoms with Crippen molar-refractivity contribution in [2.24, 2.45) is 5.92 Å². The number of aromatic carboxylic acids is 1. The molecule has 1 aliphatic rings. The quantitative estimate of drug-likeness (QED) is 0.800. The largest absolute Gasteiger partial charge is 0.478 e. The van der Waals surface area contributed by atoms with E-state index in [4.69, 9.17) is 5.11 Å². The van der Waals surface area contributed by atoms with Crippen molar-refractivity contribution in [1.29, 1.82) is 0 Å². The summed E-state index contributed by atoms with van der Waals surface area (Å²) in [5.74, 6) is -0.709. The van der Waals surface area contributed by atoms with Gasteiger partial charge < -0.3 is 5.11 Å². The lowest BCUT2D eigenvalue weighted by atomic mass is 9.93. The number of piperidine rings is 1. The maximum Gasteiger partial charge on any atom is 0.335 e. The first kappa shape index (κ1) is 20.4. The van der Waals surface area contributed by atoms with E-state index in [0.717, 1.165) is 30.4 Å². The molecule has 0 amide bonds. The smallest absolute Gasteiger partial charge is 0.335 e. The van der Waals surface area contributed by atoms with Gasteiger partial charge in [-0.15, -0.1) is 0 Å². The van der Waals surface area contributed by atoms with E-state index in [1.165, 1.54) is 4.31 Å². The van der Waals surface area contributed by atoms with E-state index in [2.05, 4.69) is 4.98 Å². The Kier molecular flexibility index (Phi) is 6.12. The van der Waals surface area contributed by atoms with Gasteiger partial charge in [0.15, 0.2) is 0 Å². The third-order valence-corrected chi connectivity index (χ3v) is 6.93. The number of carboxylic acids is 1. The van der Waals surface area contributed by atoms with Gasteiger partial charge >= 0.3 is 5.97 Å². The van der Waals surface area contributed by atoms with Crippen LogP contribution >= 0.6 is 0 Å². The van der Waals surface area contributed by atoms with E-state index in [0.29, 0.717) is 18.8 Å².